The van der Waals surface area contributed by atoms with E-state index < -0.39 is 32.2 Å². The Hall–Kier alpha value is -0.106. The molecule has 0 amide bonds. The summed E-state index contributed by atoms with van der Waals surface area (Å²) in [6.07, 6.45) is 1.33. The first-order valence-corrected chi connectivity index (χ1v) is 17.7. The molecule has 0 saturated heterocycles. The molecule has 0 aliphatic carbocycles. The van der Waals surface area contributed by atoms with E-state index in [2.05, 4.69) is 43.2 Å². The van der Waals surface area contributed by atoms with Crippen LogP contribution in [0.25, 0.3) is 0 Å². The van der Waals surface area contributed by atoms with Crippen molar-refractivity contribution < 1.29 is 18.0 Å². The maximum Gasteiger partial charge on any atom is 0.245 e. The Morgan fingerprint density at radius 1 is 1.07 bits per heavy atom. The second-order valence-corrected chi connectivity index (χ2v) is 23.9. The van der Waals surface area contributed by atoms with Crippen molar-refractivity contribution in [3.8, 4) is 0 Å². The first-order valence-electron chi connectivity index (χ1n) is 9.49. The second kappa shape index (κ2) is 7.86. The van der Waals surface area contributed by atoms with Gasteiger partial charge in [-0.05, 0) is 30.1 Å². The van der Waals surface area contributed by atoms with Crippen LogP contribution in [0.4, 0.5) is 0 Å². The molecule has 0 aliphatic rings. The molecule has 0 saturated carbocycles. The van der Waals surface area contributed by atoms with Crippen molar-refractivity contribution in [2.45, 2.75) is 94.5 Å². The zero-order valence-corrected chi connectivity index (χ0v) is 22.9. The van der Waals surface area contributed by atoms with E-state index in [-0.39, 0.29) is 20.9 Å². The van der Waals surface area contributed by atoms with E-state index >= 15 is 0 Å². The van der Waals surface area contributed by atoms with Gasteiger partial charge in [0.2, 0.25) is 10.0 Å². The van der Waals surface area contributed by atoms with Gasteiger partial charge in [0.1, 0.15) is 18.8 Å². The van der Waals surface area contributed by atoms with Gasteiger partial charge in [-0.2, -0.15) is 0 Å². The Morgan fingerprint density at radius 3 is 2.00 bits per heavy atom. The molecule has 0 radical (unpaired) electrons. The maximum atomic E-state index is 12.9. The van der Waals surface area contributed by atoms with Crippen molar-refractivity contribution in [3.05, 3.63) is 11.2 Å². The molecule has 1 aromatic heterocycles. The Morgan fingerprint density at radius 2 is 1.57 bits per heavy atom. The van der Waals surface area contributed by atoms with Gasteiger partial charge in [0.15, 0.2) is 12.5 Å². The normalized spacial score (nSPS) is 16.9. The monoisotopic (exact) mass is 466 g/mol. The summed E-state index contributed by atoms with van der Waals surface area (Å²) in [5.74, 6) is 0. The van der Waals surface area contributed by atoms with Crippen molar-refractivity contribution in [2.24, 2.45) is 0 Å². The molecular weight excluding hydrogens is 429 g/mol. The molecule has 1 atom stereocenters. The molecule has 0 bridgehead atoms. The molecule has 1 heterocycles. The van der Waals surface area contributed by atoms with E-state index in [0.29, 0.717) is 5.01 Å². The fourth-order valence-electron chi connectivity index (χ4n) is 1.77. The number of aliphatic hydroxyl groups is 1. The predicted octanol–water partition coefficient (Wildman–Crippen LogP) is 4.66. The predicted molar refractivity (Wildman–Crippen MR) is 122 cm³/mol. The SMILES string of the molecule is CC(O)(CO[Si](C)(C)C(C)(C)C)c1ncc(S(=O)(=O)N[Si](C)(C)C(C)(C)C)s1. The van der Waals surface area contributed by atoms with Crippen molar-refractivity contribution in [3.63, 3.8) is 0 Å². The van der Waals surface area contributed by atoms with E-state index in [9.17, 15) is 13.5 Å². The molecule has 6 nitrogen and oxygen atoms in total. The zero-order chi connectivity index (χ0) is 22.4. The summed E-state index contributed by atoms with van der Waals surface area (Å²) in [6, 6.07) is 0. The van der Waals surface area contributed by atoms with Crippen LogP contribution >= 0.6 is 11.3 Å². The molecule has 1 rings (SSSR count). The van der Waals surface area contributed by atoms with Crippen molar-refractivity contribution in [1.29, 1.82) is 0 Å². The third-order valence-electron chi connectivity index (χ3n) is 5.99. The lowest BCUT2D eigenvalue weighted by molar-refractivity contribution is 0.00244. The van der Waals surface area contributed by atoms with Crippen molar-refractivity contribution >= 4 is 37.9 Å². The van der Waals surface area contributed by atoms with Crippen LogP contribution in [0.5, 0.6) is 0 Å². The highest BCUT2D eigenvalue weighted by Gasteiger charge is 2.42. The van der Waals surface area contributed by atoms with Gasteiger partial charge >= 0.3 is 0 Å². The van der Waals surface area contributed by atoms with Gasteiger partial charge in [0.25, 0.3) is 0 Å². The minimum absolute atomic E-state index is 0.0214. The number of aromatic nitrogens is 1. The largest absolute Gasteiger partial charge is 0.413 e. The summed E-state index contributed by atoms with van der Waals surface area (Å²) in [5.41, 5.74) is -1.34. The van der Waals surface area contributed by atoms with Crippen LogP contribution < -0.4 is 4.39 Å². The minimum Gasteiger partial charge on any atom is -0.413 e. The minimum atomic E-state index is -3.68. The molecule has 0 aromatic carbocycles. The number of nitrogens with zero attached hydrogens (tertiary/aromatic N) is 1. The van der Waals surface area contributed by atoms with Crippen LogP contribution in [0.2, 0.25) is 36.3 Å². The first-order chi connectivity index (χ1) is 12.1. The number of thiazole rings is 1. The highest BCUT2D eigenvalue weighted by Crippen LogP contribution is 2.39. The lowest BCUT2D eigenvalue weighted by Crippen LogP contribution is -2.54. The quantitative estimate of drug-likeness (QED) is 0.571. The summed E-state index contributed by atoms with van der Waals surface area (Å²) < 4.78 is 34.9. The average molecular weight is 467 g/mol. The molecule has 164 valence electrons. The van der Waals surface area contributed by atoms with Crippen LogP contribution in [0.15, 0.2) is 10.4 Å². The fraction of sp³-hybridized carbons (Fsp3) is 0.833. The number of sulfonamides is 1. The smallest absolute Gasteiger partial charge is 0.245 e. The van der Waals surface area contributed by atoms with E-state index in [1.54, 1.807) is 6.92 Å². The number of hydrogen-bond donors (Lipinski definition) is 2. The van der Waals surface area contributed by atoms with E-state index in [0.717, 1.165) is 11.3 Å². The van der Waals surface area contributed by atoms with Crippen LogP contribution in [0.3, 0.4) is 0 Å². The Labute approximate surface area is 177 Å². The van der Waals surface area contributed by atoms with E-state index in [4.69, 9.17) is 4.43 Å². The summed E-state index contributed by atoms with van der Waals surface area (Å²) in [5, 5.41) is 11.1. The van der Waals surface area contributed by atoms with E-state index in [1.807, 2.05) is 33.9 Å². The maximum absolute atomic E-state index is 12.9. The lowest BCUT2D eigenvalue weighted by Gasteiger charge is -2.38. The average Bonchev–Trinajstić information content (AvgIpc) is 2.93. The summed E-state index contributed by atoms with van der Waals surface area (Å²) in [4.78, 5) is 4.21. The summed E-state index contributed by atoms with van der Waals surface area (Å²) in [7, 11) is -7.98. The molecule has 10 heteroatoms. The molecule has 0 fully saturated rings. The van der Waals surface area contributed by atoms with Crippen LogP contribution in [-0.2, 0) is 20.1 Å². The summed E-state index contributed by atoms with van der Waals surface area (Å²) in [6.45, 7) is 22.5. The van der Waals surface area contributed by atoms with Gasteiger partial charge in [-0.3, -0.25) is 0 Å². The molecule has 1 aromatic rings. The van der Waals surface area contributed by atoms with Crippen LogP contribution in [0.1, 0.15) is 53.5 Å². The van der Waals surface area contributed by atoms with E-state index in [1.165, 1.54) is 6.20 Å². The molecule has 28 heavy (non-hydrogen) atoms. The van der Waals surface area contributed by atoms with Gasteiger partial charge in [-0.1, -0.05) is 54.6 Å². The number of rotatable bonds is 7. The topological polar surface area (TPSA) is 88.5 Å². The Kier molecular flexibility index (Phi) is 7.28. The Balaban J connectivity index is 3.04. The zero-order valence-electron chi connectivity index (χ0n) is 19.2. The molecule has 0 spiro atoms. The highest BCUT2D eigenvalue weighted by molar-refractivity contribution is 7.93. The molecule has 2 N–H and O–H groups in total. The highest BCUT2D eigenvalue weighted by atomic mass is 32.2. The van der Waals surface area contributed by atoms with Gasteiger partial charge in [-0.25, -0.2) is 17.8 Å². The third kappa shape index (κ3) is 5.96. The van der Waals surface area contributed by atoms with Crippen molar-refractivity contribution in [1.82, 2.24) is 9.37 Å². The van der Waals surface area contributed by atoms with Crippen LogP contribution in [-0.4, -0.2) is 41.7 Å². The Bertz CT molecular complexity index is 789. The lowest BCUT2D eigenvalue weighted by atomic mass is 10.1. The molecule has 0 aliphatic heterocycles. The number of hydrogen-bond acceptors (Lipinski definition) is 6. The van der Waals surface area contributed by atoms with Gasteiger partial charge < -0.3 is 9.53 Å². The molecular formula is C18H38N2O4S2Si2. The number of nitrogens with one attached hydrogen (secondary N) is 1. The second-order valence-electron chi connectivity index (χ2n) is 10.8. The van der Waals surface area contributed by atoms with Crippen molar-refractivity contribution in [2.75, 3.05) is 6.61 Å². The van der Waals surface area contributed by atoms with Gasteiger partial charge in [0, 0.05) is 0 Å². The fourth-order valence-corrected chi connectivity index (χ4v) is 9.08. The van der Waals surface area contributed by atoms with Gasteiger partial charge in [-0.15, -0.1) is 11.3 Å². The van der Waals surface area contributed by atoms with Crippen LogP contribution in [0, 0.1) is 0 Å². The molecule has 1 unspecified atom stereocenters. The standard InChI is InChI=1S/C18H38N2O4S2Si2/c1-16(2,3)27(8,9)20-26(22,23)14-12-19-15(25-14)18(7,21)13-24-28(10,11)17(4,5)6/h12,20-21H,13H2,1-11H3. The summed E-state index contributed by atoms with van der Waals surface area (Å²) >= 11 is 1.00. The van der Waals surface area contributed by atoms with Gasteiger partial charge in [0.05, 0.1) is 12.8 Å². The first kappa shape index (κ1) is 25.9. The third-order valence-corrected chi connectivity index (χ3v) is 19.9.